The van der Waals surface area contributed by atoms with Gasteiger partial charge in [0.25, 0.3) is 5.91 Å². The highest BCUT2D eigenvalue weighted by Crippen LogP contribution is 2.23. The number of piperidine rings is 1. The van der Waals surface area contributed by atoms with Crippen LogP contribution in [-0.2, 0) is 4.79 Å². The van der Waals surface area contributed by atoms with Crippen molar-refractivity contribution >= 4 is 11.8 Å². The van der Waals surface area contributed by atoms with Crippen molar-refractivity contribution in [3.05, 3.63) is 23.7 Å². The van der Waals surface area contributed by atoms with Crippen LogP contribution in [0.4, 0.5) is 13.2 Å². The van der Waals surface area contributed by atoms with Gasteiger partial charge in [-0.25, -0.2) is 0 Å². The van der Waals surface area contributed by atoms with Crippen LogP contribution < -0.4 is 0 Å². The highest BCUT2D eigenvalue weighted by Gasteiger charge is 2.37. The van der Waals surface area contributed by atoms with E-state index in [0.717, 1.165) is 4.90 Å². The summed E-state index contributed by atoms with van der Waals surface area (Å²) in [4.78, 5) is 27.0. The van der Waals surface area contributed by atoms with Crippen molar-refractivity contribution in [2.75, 3.05) is 26.2 Å². The van der Waals surface area contributed by atoms with Crippen LogP contribution in [0.3, 0.4) is 0 Å². The SMILES string of the molecule is CCN(CC(F)(F)F)C(=O)[C@H]1CCCN(C(=O)c2ccc(C)o2)C1. The number of hydrogen-bond acceptors (Lipinski definition) is 3. The predicted molar refractivity (Wildman–Crippen MR) is 80.4 cm³/mol. The minimum Gasteiger partial charge on any atom is -0.456 e. The molecular weight excluding hydrogens is 325 g/mol. The molecule has 0 aliphatic carbocycles. The predicted octanol–water partition coefficient (Wildman–Crippen LogP) is 2.85. The molecule has 1 saturated heterocycles. The summed E-state index contributed by atoms with van der Waals surface area (Å²) in [7, 11) is 0. The van der Waals surface area contributed by atoms with Crippen LogP contribution in [0.25, 0.3) is 0 Å². The van der Waals surface area contributed by atoms with Crippen LogP contribution in [0.2, 0.25) is 0 Å². The molecule has 1 aliphatic heterocycles. The lowest BCUT2D eigenvalue weighted by Crippen LogP contribution is -2.48. The second-order valence-corrected chi connectivity index (χ2v) is 5.97. The van der Waals surface area contributed by atoms with E-state index in [-0.39, 0.29) is 24.8 Å². The molecule has 0 bridgehead atoms. The van der Waals surface area contributed by atoms with Gasteiger partial charge in [-0.2, -0.15) is 13.2 Å². The second kappa shape index (κ2) is 7.27. The molecule has 0 unspecified atom stereocenters. The number of furan rings is 1. The van der Waals surface area contributed by atoms with Gasteiger partial charge < -0.3 is 14.2 Å². The highest BCUT2D eigenvalue weighted by atomic mass is 19.4. The Labute approximate surface area is 138 Å². The Morgan fingerprint density at radius 2 is 2.08 bits per heavy atom. The number of rotatable bonds is 4. The number of aryl methyl sites for hydroxylation is 1. The van der Waals surface area contributed by atoms with Crippen LogP contribution in [0.1, 0.15) is 36.1 Å². The van der Waals surface area contributed by atoms with Crippen molar-refractivity contribution in [3.63, 3.8) is 0 Å². The first-order valence-electron chi connectivity index (χ1n) is 7.92. The third kappa shape index (κ3) is 4.52. The smallest absolute Gasteiger partial charge is 0.406 e. The highest BCUT2D eigenvalue weighted by molar-refractivity contribution is 5.92. The molecule has 1 fully saturated rings. The average molecular weight is 346 g/mol. The number of carbonyl (C=O) groups excluding carboxylic acids is 2. The van der Waals surface area contributed by atoms with Crippen LogP contribution in [0.5, 0.6) is 0 Å². The first-order chi connectivity index (χ1) is 11.2. The number of alkyl halides is 3. The maximum atomic E-state index is 12.6. The molecule has 1 aromatic rings. The molecule has 2 rings (SSSR count). The summed E-state index contributed by atoms with van der Waals surface area (Å²) in [5.41, 5.74) is 0. The molecule has 1 aliphatic rings. The standard InChI is InChI=1S/C16H21F3N2O3/c1-3-20(10-16(17,18)19)14(22)12-5-4-8-21(9-12)15(23)13-7-6-11(2)24-13/h6-7,12H,3-5,8-10H2,1-2H3/t12-/m0/s1. The zero-order valence-corrected chi connectivity index (χ0v) is 13.7. The fourth-order valence-electron chi connectivity index (χ4n) is 2.89. The fourth-order valence-corrected chi connectivity index (χ4v) is 2.89. The van der Waals surface area contributed by atoms with Gasteiger partial charge in [0.15, 0.2) is 5.76 Å². The van der Waals surface area contributed by atoms with E-state index in [1.807, 2.05) is 0 Å². The Kier molecular flexibility index (Phi) is 5.56. The molecule has 0 saturated carbocycles. The normalized spacial score (nSPS) is 18.5. The summed E-state index contributed by atoms with van der Waals surface area (Å²) < 4.78 is 43.0. The second-order valence-electron chi connectivity index (χ2n) is 5.97. The topological polar surface area (TPSA) is 53.8 Å². The molecule has 0 radical (unpaired) electrons. The zero-order valence-electron chi connectivity index (χ0n) is 13.7. The van der Waals surface area contributed by atoms with E-state index in [0.29, 0.717) is 25.1 Å². The number of carbonyl (C=O) groups is 2. The van der Waals surface area contributed by atoms with Gasteiger partial charge in [-0.3, -0.25) is 9.59 Å². The largest absolute Gasteiger partial charge is 0.456 e. The maximum absolute atomic E-state index is 12.6. The lowest BCUT2D eigenvalue weighted by molar-refractivity contribution is -0.164. The number of likely N-dealkylation sites (tertiary alicyclic amines) is 1. The number of nitrogens with zero attached hydrogens (tertiary/aromatic N) is 2. The first-order valence-corrected chi connectivity index (χ1v) is 7.92. The van der Waals surface area contributed by atoms with Crippen molar-refractivity contribution in [1.29, 1.82) is 0 Å². The maximum Gasteiger partial charge on any atom is 0.406 e. The molecule has 5 nitrogen and oxygen atoms in total. The minimum atomic E-state index is -4.43. The van der Waals surface area contributed by atoms with E-state index in [1.54, 1.807) is 19.1 Å². The fraction of sp³-hybridized carbons (Fsp3) is 0.625. The molecule has 2 amide bonds. The van der Waals surface area contributed by atoms with Gasteiger partial charge in [-0.1, -0.05) is 0 Å². The number of hydrogen-bond donors (Lipinski definition) is 0. The first kappa shape index (κ1) is 18.4. The molecular formula is C16H21F3N2O3. The van der Waals surface area contributed by atoms with Crippen molar-refractivity contribution in [1.82, 2.24) is 9.80 Å². The number of halogens is 3. The van der Waals surface area contributed by atoms with Gasteiger partial charge in [-0.05, 0) is 38.8 Å². The monoisotopic (exact) mass is 346 g/mol. The Balaban J connectivity index is 2.04. The molecule has 134 valence electrons. The van der Waals surface area contributed by atoms with E-state index < -0.39 is 24.5 Å². The lowest BCUT2D eigenvalue weighted by atomic mass is 9.96. The summed E-state index contributed by atoms with van der Waals surface area (Å²) >= 11 is 0. The molecule has 0 N–H and O–H groups in total. The molecule has 24 heavy (non-hydrogen) atoms. The van der Waals surface area contributed by atoms with Gasteiger partial charge in [0.2, 0.25) is 5.91 Å². The van der Waals surface area contributed by atoms with Crippen LogP contribution in [-0.4, -0.2) is 54.0 Å². The van der Waals surface area contributed by atoms with Crippen LogP contribution in [0, 0.1) is 12.8 Å². The van der Waals surface area contributed by atoms with Gasteiger partial charge in [0.1, 0.15) is 12.3 Å². The lowest BCUT2D eigenvalue weighted by Gasteiger charge is -2.34. The van der Waals surface area contributed by atoms with E-state index in [4.69, 9.17) is 4.42 Å². The molecule has 8 heteroatoms. The van der Waals surface area contributed by atoms with Gasteiger partial charge in [0, 0.05) is 19.6 Å². The van der Waals surface area contributed by atoms with Gasteiger partial charge in [0.05, 0.1) is 5.92 Å². The van der Waals surface area contributed by atoms with Crippen LogP contribution >= 0.6 is 0 Å². The summed E-state index contributed by atoms with van der Waals surface area (Å²) in [6.45, 7) is 2.54. The Hall–Kier alpha value is -1.99. The quantitative estimate of drug-likeness (QED) is 0.842. The third-order valence-electron chi connectivity index (χ3n) is 4.07. The van der Waals surface area contributed by atoms with Crippen molar-refractivity contribution in [2.24, 2.45) is 5.92 Å². The molecule has 2 heterocycles. The minimum absolute atomic E-state index is 0.0137. The van der Waals surface area contributed by atoms with Crippen molar-refractivity contribution in [2.45, 2.75) is 32.9 Å². The Morgan fingerprint density at radius 1 is 1.38 bits per heavy atom. The molecule has 1 atom stereocenters. The molecule has 0 aromatic carbocycles. The summed E-state index contributed by atoms with van der Waals surface area (Å²) in [5, 5.41) is 0. The summed E-state index contributed by atoms with van der Waals surface area (Å²) in [6, 6.07) is 3.23. The van der Waals surface area contributed by atoms with Crippen molar-refractivity contribution in [3.8, 4) is 0 Å². The summed E-state index contributed by atoms with van der Waals surface area (Å²) in [5.74, 6) is -0.711. The zero-order chi connectivity index (χ0) is 17.9. The van der Waals surface area contributed by atoms with Crippen LogP contribution in [0.15, 0.2) is 16.5 Å². The van der Waals surface area contributed by atoms with Gasteiger partial charge >= 0.3 is 6.18 Å². The Bertz CT molecular complexity index is 598. The van der Waals surface area contributed by atoms with E-state index in [9.17, 15) is 22.8 Å². The van der Waals surface area contributed by atoms with E-state index >= 15 is 0 Å². The molecule has 1 aromatic heterocycles. The Morgan fingerprint density at radius 3 is 2.62 bits per heavy atom. The van der Waals surface area contributed by atoms with E-state index in [2.05, 4.69) is 0 Å². The summed E-state index contributed by atoms with van der Waals surface area (Å²) in [6.07, 6.45) is -3.37. The van der Waals surface area contributed by atoms with E-state index in [1.165, 1.54) is 11.8 Å². The number of amides is 2. The average Bonchev–Trinajstić information content (AvgIpc) is 2.97. The van der Waals surface area contributed by atoms with Gasteiger partial charge in [-0.15, -0.1) is 0 Å². The third-order valence-corrected chi connectivity index (χ3v) is 4.07. The molecule has 0 spiro atoms. The van der Waals surface area contributed by atoms with Crippen molar-refractivity contribution < 1.29 is 27.2 Å².